The van der Waals surface area contributed by atoms with Gasteiger partial charge in [-0.05, 0) is 106 Å². The number of ether oxygens (including phenoxy) is 4. The molecule has 0 heterocycles. The van der Waals surface area contributed by atoms with E-state index in [1.807, 2.05) is 36.4 Å². The fourth-order valence-corrected chi connectivity index (χ4v) is 5.34. The summed E-state index contributed by atoms with van der Waals surface area (Å²) in [5.41, 5.74) is 6.75. The van der Waals surface area contributed by atoms with E-state index in [9.17, 15) is 9.59 Å². The number of benzene rings is 4. The molecule has 0 saturated heterocycles. The number of ketones is 2. The molecule has 0 bridgehead atoms. The highest BCUT2D eigenvalue weighted by atomic mass is 16.5. The van der Waals surface area contributed by atoms with Gasteiger partial charge in [-0.3, -0.25) is 9.59 Å². The van der Waals surface area contributed by atoms with E-state index in [4.69, 9.17) is 18.9 Å². The quantitative estimate of drug-likeness (QED) is 0.301. The molecule has 4 aromatic carbocycles. The van der Waals surface area contributed by atoms with Gasteiger partial charge in [0.25, 0.3) is 0 Å². The van der Waals surface area contributed by atoms with E-state index in [0.29, 0.717) is 45.3 Å². The summed E-state index contributed by atoms with van der Waals surface area (Å²) in [6.45, 7) is 0. The molecule has 0 atom stereocenters. The average Bonchev–Trinajstić information content (AvgIpc) is 2.97. The molecule has 6 nitrogen and oxygen atoms in total. The first-order valence-electron chi connectivity index (χ1n) is 12.1. The Bertz CT molecular complexity index is 1580. The summed E-state index contributed by atoms with van der Waals surface area (Å²) in [5, 5.41) is 0. The Kier molecular flexibility index (Phi) is 5.53. The Labute approximate surface area is 220 Å². The third-order valence-electron chi connectivity index (χ3n) is 7.21. The predicted octanol–water partition coefficient (Wildman–Crippen LogP) is 5.82. The van der Waals surface area contributed by atoms with Gasteiger partial charge in [0.05, 0.1) is 28.4 Å². The molecule has 0 fully saturated rings. The van der Waals surface area contributed by atoms with E-state index >= 15 is 0 Å². The lowest BCUT2D eigenvalue weighted by Gasteiger charge is -2.30. The summed E-state index contributed by atoms with van der Waals surface area (Å²) in [4.78, 5) is 27.4. The molecule has 6 rings (SSSR count). The second-order valence-electron chi connectivity index (χ2n) is 9.05. The van der Waals surface area contributed by atoms with Gasteiger partial charge in [-0.15, -0.1) is 0 Å². The first kappa shape index (κ1) is 23.6. The number of methoxy groups -OCH3 is 4. The minimum Gasteiger partial charge on any atom is -0.497 e. The Morgan fingerprint density at radius 3 is 1.03 bits per heavy atom. The summed E-state index contributed by atoms with van der Waals surface area (Å²) < 4.78 is 22.0. The number of rotatable bonds is 4. The van der Waals surface area contributed by atoms with E-state index in [0.717, 1.165) is 33.4 Å². The van der Waals surface area contributed by atoms with Crippen molar-refractivity contribution < 1.29 is 28.5 Å². The molecule has 2 aliphatic rings. The SMILES string of the molecule is COc1ccc2c(c1)C(=O)c1cc(OC)ccc1C2=C1c2cc(OC)ccc2C(=O)c2ccc(OC)cc21. The van der Waals surface area contributed by atoms with Crippen LogP contribution in [0.4, 0.5) is 0 Å². The second-order valence-corrected chi connectivity index (χ2v) is 9.05. The molecule has 0 unspecified atom stereocenters. The highest BCUT2D eigenvalue weighted by Crippen LogP contribution is 2.49. The van der Waals surface area contributed by atoms with Crippen LogP contribution in [0, 0.1) is 0 Å². The van der Waals surface area contributed by atoms with Gasteiger partial charge >= 0.3 is 0 Å². The zero-order chi connectivity index (χ0) is 26.6. The van der Waals surface area contributed by atoms with Crippen LogP contribution in [0.5, 0.6) is 23.0 Å². The molecule has 6 heteroatoms. The van der Waals surface area contributed by atoms with Crippen LogP contribution >= 0.6 is 0 Å². The summed E-state index contributed by atoms with van der Waals surface area (Å²) in [7, 11) is 6.34. The molecular formula is C32H24O6. The van der Waals surface area contributed by atoms with Crippen molar-refractivity contribution in [1.82, 2.24) is 0 Å². The Morgan fingerprint density at radius 1 is 0.368 bits per heavy atom. The lowest BCUT2D eigenvalue weighted by molar-refractivity contribution is 0.102. The molecular weight excluding hydrogens is 480 g/mol. The number of hydrogen-bond donors (Lipinski definition) is 0. The maximum absolute atomic E-state index is 13.8. The zero-order valence-electron chi connectivity index (χ0n) is 21.4. The second kappa shape index (κ2) is 8.92. The molecule has 2 aliphatic carbocycles. The van der Waals surface area contributed by atoms with E-state index < -0.39 is 0 Å². The third-order valence-corrected chi connectivity index (χ3v) is 7.21. The molecule has 38 heavy (non-hydrogen) atoms. The molecule has 4 aromatic rings. The van der Waals surface area contributed by atoms with Crippen molar-refractivity contribution >= 4 is 22.7 Å². The highest BCUT2D eigenvalue weighted by Gasteiger charge is 2.35. The van der Waals surface area contributed by atoms with Crippen LogP contribution in [-0.2, 0) is 0 Å². The Balaban J connectivity index is 1.81. The molecule has 0 aromatic heterocycles. The Hall–Kier alpha value is -4.84. The minimum atomic E-state index is -0.124. The fraction of sp³-hybridized carbons (Fsp3) is 0.125. The third kappa shape index (κ3) is 3.41. The number of hydrogen-bond acceptors (Lipinski definition) is 6. The molecule has 0 saturated carbocycles. The van der Waals surface area contributed by atoms with Crippen LogP contribution in [0.2, 0.25) is 0 Å². The van der Waals surface area contributed by atoms with Crippen LogP contribution in [0.15, 0.2) is 72.8 Å². The van der Waals surface area contributed by atoms with Crippen molar-refractivity contribution in [1.29, 1.82) is 0 Å². The molecule has 188 valence electrons. The first-order chi connectivity index (χ1) is 18.5. The van der Waals surface area contributed by atoms with Crippen molar-refractivity contribution in [2.75, 3.05) is 28.4 Å². The van der Waals surface area contributed by atoms with E-state index in [1.165, 1.54) is 0 Å². The smallest absolute Gasteiger partial charge is 0.194 e. The maximum Gasteiger partial charge on any atom is 0.194 e. The highest BCUT2D eigenvalue weighted by molar-refractivity contribution is 6.27. The molecule has 0 amide bonds. The van der Waals surface area contributed by atoms with Crippen LogP contribution in [-0.4, -0.2) is 40.0 Å². The zero-order valence-corrected chi connectivity index (χ0v) is 21.4. The van der Waals surface area contributed by atoms with Gasteiger partial charge in [-0.1, -0.05) is 0 Å². The van der Waals surface area contributed by atoms with Crippen molar-refractivity contribution in [3.63, 3.8) is 0 Å². The molecule has 0 N–H and O–H groups in total. The number of fused-ring (bicyclic) bond motifs is 4. The van der Waals surface area contributed by atoms with Gasteiger partial charge in [0.2, 0.25) is 0 Å². The van der Waals surface area contributed by atoms with Crippen molar-refractivity contribution in [2.45, 2.75) is 0 Å². The largest absolute Gasteiger partial charge is 0.497 e. The van der Waals surface area contributed by atoms with Gasteiger partial charge < -0.3 is 18.9 Å². The fourth-order valence-electron chi connectivity index (χ4n) is 5.34. The lowest BCUT2D eigenvalue weighted by atomic mass is 9.72. The van der Waals surface area contributed by atoms with Gasteiger partial charge in [0, 0.05) is 22.3 Å². The average molecular weight is 505 g/mol. The summed E-state index contributed by atoms with van der Waals surface area (Å²) in [5.74, 6) is 2.20. The number of carbonyl (C=O) groups excluding carboxylic acids is 2. The first-order valence-corrected chi connectivity index (χ1v) is 12.1. The van der Waals surface area contributed by atoms with Crippen molar-refractivity contribution in [2.24, 2.45) is 0 Å². The monoisotopic (exact) mass is 504 g/mol. The topological polar surface area (TPSA) is 71.1 Å². The van der Waals surface area contributed by atoms with E-state index in [2.05, 4.69) is 0 Å². The van der Waals surface area contributed by atoms with E-state index in [-0.39, 0.29) is 11.6 Å². The number of carbonyl (C=O) groups is 2. The van der Waals surface area contributed by atoms with E-state index in [1.54, 1.807) is 64.8 Å². The van der Waals surface area contributed by atoms with Crippen LogP contribution < -0.4 is 18.9 Å². The summed E-state index contributed by atoms with van der Waals surface area (Å²) in [6.07, 6.45) is 0. The molecule has 0 spiro atoms. The molecule has 0 radical (unpaired) electrons. The van der Waals surface area contributed by atoms with Gasteiger partial charge in [-0.25, -0.2) is 0 Å². The van der Waals surface area contributed by atoms with Crippen LogP contribution in [0.1, 0.15) is 54.1 Å². The van der Waals surface area contributed by atoms with Gasteiger partial charge in [0.1, 0.15) is 23.0 Å². The minimum absolute atomic E-state index is 0.0820. The van der Waals surface area contributed by atoms with Gasteiger partial charge in [0.15, 0.2) is 11.6 Å². The van der Waals surface area contributed by atoms with Crippen molar-refractivity contribution in [3.8, 4) is 23.0 Å². The summed E-state index contributed by atoms with van der Waals surface area (Å²) >= 11 is 0. The maximum atomic E-state index is 13.8. The van der Waals surface area contributed by atoms with Crippen LogP contribution in [0.3, 0.4) is 0 Å². The van der Waals surface area contributed by atoms with Crippen molar-refractivity contribution in [3.05, 3.63) is 117 Å². The van der Waals surface area contributed by atoms with Gasteiger partial charge in [-0.2, -0.15) is 0 Å². The predicted molar refractivity (Wildman–Crippen MR) is 144 cm³/mol. The Morgan fingerprint density at radius 2 is 0.658 bits per heavy atom. The standard InChI is InChI=1S/C32H24O6/c1-35-17-7-11-23-25(13-17)30(26-14-18(36-2)8-12-24(26)31(23)33)29-21-9-5-19(37-3)15-27(21)32(34)28-16-20(38-4)6-10-22(28)29/h5-16H,1-4H3. The molecule has 0 aliphatic heterocycles. The lowest BCUT2D eigenvalue weighted by Crippen LogP contribution is -2.20. The normalized spacial score (nSPS) is 13.3. The summed E-state index contributed by atoms with van der Waals surface area (Å²) in [6, 6.07) is 21.9. The van der Waals surface area contributed by atoms with Crippen LogP contribution in [0.25, 0.3) is 11.1 Å².